The molecule has 0 amide bonds. The maximum absolute atomic E-state index is 9.91. The number of aromatic nitrogens is 3. The summed E-state index contributed by atoms with van der Waals surface area (Å²) in [6, 6.07) is 22.5. The lowest BCUT2D eigenvalue weighted by Crippen LogP contribution is -1.99. The predicted molar refractivity (Wildman–Crippen MR) is 121 cm³/mol. The first-order valence-electron chi connectivity index (χ1n) is 10.1. The van der Waals surface area contributed by atoms with Gasteiger partial charge in [-0.25, -0.2) is 9.67 Å². The van der Waals surface area contributed by atoms with Crippen molar-refractivity contribution in [3.8, 4) is 23.0 Å². The van der Waals surface area contributed by atoms with Crippen molar-refractivity contribution in [1.29, 1.82) is 5.26 Å². The van der Waals surface area contributed by atoms with Crippen molar-refractivity contribution >= 4 is 23.0 Å². The predicted octanol–water partition coefficient (Wildman–Crippen LogP) is 5.94. The van der Waals surface area contributed by atoms with E-state index in [4.69, 9.17) is 10.1 Å². The number of hydrogen-bond donors (Lipinski definition) is 0. The van der Waals surface area contributed by atoms with Gasteiger partial charge >= 0.3 is 0 Å². The van der Waals surface area contributed by atoms with E-state index >= 15 is 0 Å². The average molecular weight is 409 g/mol. The quantitative estimate of drug-likeness (QED) is 0.393. The molecule has 0 spiro atoms. The van der Waals surface area contributed by atoms with Crippen molar-refractivity contribution in [1.82, 2.24) is 14.8 Å². The number of rotatable bonds is 4. The Morgan fingerprint density at radius 2 is 1.73 bits per heavy atom. The lowest BCUT2D eigenvalue weighted by Gasteiger charge is -2.06. The summed E-state index contributed by atoms with van der Waals surface area (Å²) in [4.78, 5) is 6.12. The van der Waals surface area contributed by atoms with Crippen LogP contribution in [0, 0.1) is 11.3 Å². The van der Waals surface area contributed by atoms with Crippen LogP contribution in [-0.2, 0) is 12.8 Å². The highest BCUT2D eigenvalue weighted by molar-refractivity contribution is 7.13. The monoisotopic (exact) mass is 408 g/mol. The second-order valence-corrected chi connectivity index (χ2v) is 8.43. The van der Waals surface area contributed by atoms with Crippen molar-refractivity contribution in [2.75, 3.05) is 0 Å². The van der Waals surface area contributed by atoms with Crippen LogP contribution >= 0.6 is 11.3 Å². The maximum Gasteiger partial charge on any atom is 0.134 e. The van der Waals surface area contributed by atoms with Gasteiger partial charge in [0.15, 0.2) is 0 Å². The highest BCUT2D eigenvalue weighted by atomic mass is 32.1. The maximum atomic E-state index is 9.91. The molecular weight excluding hydrogens is 388 g/mol. The molecule has 0 saturated carbocycles. The van der Waals surface area contributed by atoms with E-state index in [1.165, 1.54) is 23.4 Å². The van der Waals surface area contributed by atoms with Gasteiger partial charge in [0.05, 0.1) is 22.6 Å². The van der Waals surface area contributed by atoms with E-state index in [1.807, 2.05) is 77.6 Å². The Kier molecular flexibility index (Phi) is 5.00. The smallest absolute Gasteiger partial charge is 0.134 e. The number of benzene rings is 2. The molecule has 0 N–H and O–H groups in total. The average Bonchev–Trinajstić information content (AvgIpc) is 3.43. The fraction of sp³-hybridized carbons (Fsp3) is 0.160. The third-order valence-electron chi connectivity index (χ3n) is 5.31. The fourth-order valence-electron chi connectivity index (χ4n) is 3.79. The highest BCUT2D eigenvalue weighted by Crippen LogP contribution is 2.32. The van der Waals surface area contributed by atoms with Gasteiger partial charge in [-0.2, -0.15) is 10.4 Å². The van der Waals surface area contributed by atoms with Crippen molar-refractivity contribution in [2.24, 2.45) is 0 Å². The van der Waals surface area contributed by atoms with Crippen LogP contribution in [-0.4, -0.2) is 14.8 Å². The Balaban J connectivity index is 1.62. The molecule has 0 bridgehead atoms. The SMILES string of the molecule is N#C/C(=C/c1cn(-c2ccccc2)nc1-c1ccccc1)c1nc2c(s1)CCCC2. The van der Waals surface area contributed by atoms with Crippen molar-refractivity contribution in [3.63, 3.8) is 0 Å². The Labute approximate surface area is 179 Å². The molecular formula is C25H20N4S. The summed E-state index contributed by atoms with van der Waals surface area (Å²) in [7, 11) is 0. The van der Waals surface area contributed by atoms with Crippen molar-refractivity contribution in [3.05, 3.63) is 88.0 Å². The Hall–Kier alpha value is -3.49. The van der Waals surface area contributed by atoms with Gasteiger partial charge in [0.2, 0.25) is 0 Å². The summed E-state index contributed by atoms with van der Waals surface area (Å²) in [5.41, 5.74) is 5.54. The zero-order valence-corrected chi connectivity index (χ0v) is 17.3. The molecule has 0 saturated heterocycles. The van der Waals surface area contributed by atoms with Crippen LogP contribution in [0.2, 0.25) is 0 Å². The van der Waals surface area contributed by atoms with E-state index in [2.05, 4.69) is 6.07 Å². The Bertz CT molecular complexity index is 1220. The Morgan fingerprint density at radius 3 is 2.47 bits per heavy atom. The molecule has 1 aliphatic rings. The summed E-state index contributed by atoms with van der Waals surface area (Å²) in [6.45, 7) is 0. The van der Waals surface area contributed by atoms with E-state index in [-0.39, 0.29) is 0 Å². The molecule has 0 fully saturated rings. The van der Waals surface area contributed by atoms with Gasteiger partial charge in [0, 0.05) is 22.2 Å². The third-order valence-corrected chi connectivity index (χ3v) is 6.50. The number of thiazole rings is 1. The minimum atomic E-state index is 0.596. The molecule has 5 heteroatoms. The molecule has 0 aliphatic heterocycles. The van der Waals surface area contributed by atoms with Crippen LogP contribution in [0.25, 0.3) is 28.6 Å². The zero-order valence-electron chi connectivity index (χ0n) is 16.5. The number of hydrogen-bond acceptors (Lipinski definition) is 4. The number of allylic oxidation sites excluding steroid dienone is 1. The van der Waals surface area contributed by atoms with Crippen LogP contribution in [0.4, 0.5) is 0 Å². The van der Waals surface area contributed by atoms with Crippen molar-refractivity contribution in [2.45, 2.75) is 25.7 Å². The second-order valence-electron chi connectivity index (χ2n) is 7.35. The van der Waals surface area contributed by atoms with Gasteiger partial charge in [-0.3, -0.25) is 0 Å². The molecule has 1 aliphatic carbocycles. The topological polar surface area (TPSA) is 54.5 Å². The number of para-hydroxylation sites is 1. The van der Waals surface area contributed by atoms with Crippen LogP contribution in [0.3, 0.4) is 0 Å². The van der Waals surface area contributed by atoms with Gasteiger partial charge in [0.25, 0.3) is 0 Å². The minimum absolute atomic E-state index is 0.596. The number of aryl methyl sites for hydroxylation is 2. The molecule has 0 radical (unpaired) electrons. The number of nitriles is 1. The molecule has 0 atom stereocenters. The second kappa shape index (κ2) is 8.10. The first-order chi connectivity index (χ1) is 14.8. The largest absolute Gasteiger partial charge is 0.240 e. The van der Waals surface area contributed by atoms with Crippen LogP contribution in [0.1, 0.15) is 34.0 Å². The summed E-state index contributed by atoms with van der Waals surface area (Å²) in [5.74, 6) is 0. The molecule has 0 unspecified atom stereocenters. The van der Waals surface area contributed by atoms with Gasteiger partial charge in [-0.1, -0.05) is 48.5 Å². The van der Waals surface area contributed by atoms with Crippen LogP contribution in [0.5, 0.6) is 0 Å². The van der Waals surface area contributed by atoms with Crippen LogP contribution < -0.4 is 0 Å². The first-order valence-corrected chi connectivity index (χ1v) is 10.9. The molecule has 4 aromatic rings. The fourth-order valence-corrected chi connectivity index (χ4v) is 4.91. The standard InChI is InChI=1S/C25H20N4S/c26-16-19(25-27-22-13-7-8-14-23(22)30-25)15-20-17-29(21-11-5-2-6-12-21)28-24(20)18-9-3-1-4-10-18/h1-6,9-12,15,17H,7-8,13-14H2/b19-15-. The molecule has 4 nitrogen and oxygen atoms in total. The molecule has 30 heavy (non-hydrogen) atoms. The van der Waals surface area contributed by atoms with E-state index < -0.39 is 0 Å². The molecule has 2 aromatic carbocycles. The molecule has 2 aromatic heterocycles. The van der Waals surface area contributed by atoms with E-state index in [9.17, 15) is 5.26 Å². The Morgan fingerprint density at radius 1 is 1.00 bits per heavy atom. The normalized spacial score (nSPS) is 13.6. The number of fused-ring (bicyclic) bond motifs is 1. The minimum Gasteiger partial charge on any atom is -0.240 e. The van der Waals surface area contributed by atoms with Gasteiger partial charge in [-0.15, -0.1) is 11.3 Å². The molecule has 5 rings (SSSR count). The van der Waals surface area contributed by atoms with Gasteiger partial charge in [-0.05, 0) is 43.9 Å². The zero-order chi connectivity index (χ0) is 20.3. The van der Waals surface area contributed by atoms with E-state index in [0.29, 0.717) is 5.57 Å². The summed E-state index contributed by atoms with van der Waals surface area (Å²) in [6.07, 6.45) is 8.41. The summed E-state index contributed by atoms with van der Waals surface area (Å²) in [5, 5.41) is 15.6. The number of nitrogens with zero attached hydrogens (tertiary/aromatic N) is 4. The lowest BCUT2D eigenvalue weighted by atomic mass is 10.0. The van der Waals surface area contributed by atoms with E-state index in [1.54, 1.807) is 11.3 Å². The highest BCUT2D eigenvalue weighted by Gasteiger charge is 2.18. The van der Waals surface area contributed by atoms with Gasteiger partial charge in [0.1, 0.15) is 11.1 Å². The van der Waals surface area contributed by atoms with Gasteiger partial charge < -0.3 is 0 Å². The summed E-state index contributed by atoms with van der Waals surface area (Å²) < 4.78 is 1.87. The van der Waals surface area contributed by atoms with E-state index in [0.717, 1.165) is 40.4 Å². The van der Waals surface area contributed by atoms with Crippen LogP contribution in [0.15, 0.2) is 66.9 Å². The molecule has 2 heterocycles. The van der Waals surface area contributed by atoms with Crippen molar-refractivity contribution < 1.29 is 0 Å². The third kappa shape index (κ3) is 3.58. The molecule has 146 valence electrons. The summed E-state index contributed by atoms with van der Waals surface area (Å²) >= 11 is 1.66. The first kappa shape index (κ1) is 18.5. The lowest BCUT2D eigenvalue weighted by molar-refractivity contribution is 0.682.